The van der Waals surface area contributed by atoms with Crippen LogP contribution in [0.3, 0.4) is 0 Å². The minimum atomic E-state index is -1.11. The molecule has 1 aromatic heterocycles. The van der Waals surface area contributed by atoms with Crippen molar-refractivity contribution in [2.75, 3.05) is 6.54 Å². The van der Waals surface area contributed by atoms with Gasteiger partial charge >= 0.3 is 5.97 Å². The van der Waals surface area contributed by atoms with Crippen molar-refractivity contribution in [1.82, 2.24) is 26.1 Å². The number of rotatable bonds is 10. The van der Waals surface area contributed by atoms with Gasteiger partial charge in [0.25, 0.3) is 5.91 Å². The number of aliphatic carboxylic acids is 1. The van der Waals surface area contributed by atoms with Crippen LogP contribution in [0.5, 0.6) is 0 Å². The molecule has 2 aliphatic rings. The number of aliphatic hydroxyl groups excluding tert-OH is 1. The fourth-order valence-electron chi connectivity index (χ4n) is 4.96. The number of nitrogens with zero attached hydrogens (tertiary/aromatic N) is 2. The van der Waals surface area contributed by atoms with Crippen LogP contribution in [0.2, 0.25) is 0 Å². The monoisotopic (exact) mass is 579 g/mol. The van der Waals surface area contributed by atoms with E-state index < -0.39 is 41.5 Å². The van der Waals surface area contributed by atoms with Gasteiger partial charge in [-0.15, -0.1) is 0 Å². The molecule has 11 nitrogen and oxygen atoms in total. The first-order valence-corrected chi connectivity index (χ1v) is 14.6. The topological polar surface area (TPSA) is 161 Å². The maximum Gasteiger partial charge on any atom is 0.312 e. The number of hydrazine groups is 1. The van der Waals surface area contributed by atoms with Gasteiger partial charge in [0, 0.05) is 11.9 Å². The molecule has 4 atom stereocenters. The van der Waals surface area contributed by atoms with Crippen molar-refractivity contribution in [2.24, 2.45) is 11.3 Å². The molecule has 11 heteroatoms. The summed E-state index contributed by atoms with van der Waals surface area (Å²) in [5.74, 6) is -2.16. The first-order chi connectivity index (χ1) is 19.9. The zero-order valence-corrected chi connectivity index (χ0v) is 24.6. The Bertz CT molecular complexity index is 1370. The molecule has 2 fully saturated rings. The highest BCUT2D eigenvalue weighted by atomic mass is 16.4. The summed E-state index contributed by atoms with van der Waals surface area (Å²) >= 11 is 0. The van der Waals surface area contributed by atoms with Crippen molar-refractivity contribution < 1.29 is 29.4 Å². The van der Waals surface area contributed by atoms with Crippen molar-refractivity contribution in [3.05, 3.63) is 47.7 Å². The van der Waals surface area contributed by atoms with Crippen molar-refractivity contribution in [3.63, 3.8) is 0 Å². The number of pyridine rings is 1. The quantitative estimate of drug-likeness (QED) is 0.287. The van der Waals surface area contributed by atoms with Gasteiger partial charge in [0.05, 0.1) is 22.7 Å². The molecule has 1 aliphatic heterocycles. The standard InChI is InChI=1S/C31H41N5O6/c1-18(23-13-12-21-11-10-20(17-25(21)34-23)14-15-31(3,4)30(41)42)32-27(38)24-9-6-16-36(35-24)29(40)19(2)33-28(39)26(37)22-7-5-8-22/h10-15,17-19,22,24,26,35,37H,5-9,16H2,1-4H3,(H,32,38)(H,33,39)(H,41,42)/b15-14+/t18-,19+,24+,26+/m1/s1. The summed E-state index contributed by atoms with van der Waals surface area (Å²) in [5.41, 5.74) is 4.19. The van der Waals surface area contributed by atoms with E-state index in [9.17, 15) is 29.4 Å². The van der Waals surface area contributed by atoms with E-state index in [4.69, 9.17) is 4.98 Å². The number of hydrogen-bond donors (Lipinski definition) is 5. The fourth-order valence-corrected chi connectivity index (χ4v) is 4.96. The lowest BCUT2D eigenvalue weighted by molar-refractivity contribution is -0.145. The molecule has 4 rings (SSSR count). The second-order valence-corrected chi connectivity index (χ2v) is 12.0. The van der Waals surface area contributed by atoms with E-state index in [-0.39, 0.29) is 17.7 Å². The van der Waals surface area contributed by atoms with Crippen LogP contribution in [0.25, 0.3) is 17.0 Å². The first kappa shape index (κ1) is 31.1. The number of fused-ring (bicyclic) bond motifs is 1. The van der Waals surface area contributed by atoms with E-state index in [2.05, 4.69) is 16.1 Å². The molecule has 226 valence electrons. The lowest BCUT2D eigenvalue weighted by Gasteiger charge is -2.35. The lowest BCUT2D eigenvalue weighted by atomic mass is 9.81. The van der Waals surface area contributed by atoms with Gasteiger partial charge < -0.3 is 20.8 Å². The fraction of sp³-hybridized carbons (Fsp3) is 0.516. The van der Waals surface area contributed by atoms with Crippen molar-refractivity contribution >= 4 is 40.7 Å². The van der Waals surface area contributed by atoms with Crippen molar-refractivity contribution in [1.29, 1.82) is 0 Å². The van der Waals surface area contributed by atoms with Gasteiger partial charge in [-0.3, -0.25) is 29.2 Å². The van der Waals surface area contributed by atoms with E-state index in [1.807, 2.05) is 37.3 Å². The molecule has 0 radical (unpaired) electrons. The van der Waals surface area contributed by atoms with Crippen molar-refractivity contribution in [2.45, 2.75) is 84.0 Å². The van der Waals surface area contributed by atoms with Crippen LogP contribution < -0.4 is 16.1 Å². The minimum absolute atomic E-state index is 0.0531. The van der Waals surface area contributed by atoms with E-state index in [0.29, 0.717) is 25.1 Å². The van der Waals surface area contributed by atoms with Gasteiger partial charge in [0.1, 0.15) is 18.2 Å². The molecule has 42 heavy (non-hydrogen) atoms. The predicted octanol–water partition coefficient (Wildman–Crippen LogP) is 2.70. The average Bonchev–Trinajstić information content (AvgIpc) is 2.94. The second-order valence-electron chi connectivity index (χ2n) is 12.0. The number of carboxylic acid groups (broad SMARTS) is 1. The largest absolute Gasteiger partial charge is 0.481 e. The average molecular weight is 580 g/mol. The third-order valence-electron chi connectivity index (χ3n) is 8.15. The molecule has 2 aromatic rings. The van der Waals surface area contributed by atoms with Crippen molar-refractivity contribution in [3.8, 4) is 0 Å². The minimum Gasteiger partial charge on any atom is -0.481 e. The molecular weight excluding hydrogens is 538 g/mol. The van der Waals surface area contributed by atoms with Gasteiger partial charge in [-0.1, -0.05) is 36.8 Å². The van der Waals surface area contributed by atoms with Gasteiger partial charge in [0.15, 0.2) is 0 Å². The van der Waals surface area contributed by atoms with Gasteiger partial charge in [-0.25, -0.2) is 5.43 Å². The Labute approximate surface area is 245 Å². The molecule has 1 saturated carbocycles. The Hall–Kier alpha value is -3.83. The van der Waals surface area contributed by atoms with E-state index in [1.165, 1.54) is 5.01 Å². The van der Waals surface area contributed by atoms with E-state index in [1.54, 1.807) is 32.9 Å². The van der Waals surface area contributed by atoms with Crippen LogP contribution in [0.1, 0.15) is 77.1 Å². The molecule has 0 unspecified atom stereocenters. The van der Waals surface area contributed by atoms with Crippen LogP contribution in [-0.2, 0) is 19.2 Å². The van der Waals surface area contributed by atoms with E-state index in [0.717, 1.165) is 35.7 Å². The van der Waals surface area contributed by atoms with Gasteiger partial charge in [-0.05, 0) is 77.0 Å². The SMILES string of the molecule is C[C@H](NC(=O)[C@@H](O)C1CCC1)C(=O)N1CCC[C@@H](C(=O)N[C@H](C)c2ccc3ccc(/C=C/C(C)(C)C(=O)O)cc3n2)N1. The first-order valence-electron chi connectivity index (χ1n) is 14.6. The predicted molar refractivity (Wildman–Crippen MR) is 158 cm³/mol. The molecule has 0 bridgehead atoms. The number of carbonyl (C=O) groups excluding carboxylic acids is 3. The summed E-state index contributed by atoms with van der Waals surface area (Å²) in [5, 5.41) is 27.4. The number of carboxylic acids is 1. The zero-order valence-electron chi connectivity index (χ0n) is 24.6. The van der Waals surface area contributed by atoms with Gasteiger partial charge in [0.2, 0.25) is 11.8 Å². The number of hydrogen-bond acceptors (Lipinski definition) is 7. The molecule has 1 saturated heterocycles. The molecule has 1 aromatic carbocycles. The summed E-state index contributed by atoms with van der Waals surface area (Å²) in [4.78, 5) is 54.6. The summed E-state index contributed by atoms with van der Waals surface area (Å²) in [6.45, 7) is 7.06. The summed E-state index contributed by atoms with van der Waals surface area (Å²) in [6, 6.07) is 7.56. The zero-order chi connectivity index (χ0) is 30.6. The highest BCUT2D eigenvalue weighted by Gasteiger charge is 2.35. The highest BCUT2D eigenvalue weighted by Crippen LogP contribution is 2.29. The number of amides is 3. The number of nitrogens with one attached hydrogen (secondary N) is 3. The highest BCUT2D eigenvalue weighted by molar-refractivity contribution is 5.90. The molecule has 1 aliphatic carbocycles. The normalized spacial score (nSPS) is 20.0. The number of aromatic nitrogens is 1. The summed E-state index contributed by atoms with van der Waals surface area (Å²) in [6.07, 6.45) is 6.04. The lowest BCUT2D eigenvalue weighted by Crippen LogP contribution is -2.61. The smallest absolute Gasteiger partial charge is 0.312 e. The molecule has 5 N–H and O–H groups in total. The number of aliphatic hydroxyl groups is 1. The number of carbonyl (C=O) groups is 4. The molecular formula is C31H41N5O6. The Morgan fingerprint density at radius 1 is 1.07 bits per heavy atom. The third-order valence-corrected chi connectivity index (χ3v) is 8.15. The van der Waals surface area contributed by atoms with Crippen LogP contribution in [0.15, 0.2) is 36.4 Å². The Balaban J connectivity index is 1.35. The summed E-state index contributed by atoms with van der Waals surface area (Å²) < 4.78 is 0. The maximum absolute atomic E-state index is 13.2. The van der Waals surface area contributed by atoms with Crippen LogP contribution >= 0.6 is 0 Å². The van der Waals surface area contributed by atoms with Gasteiger partial charge in [-0.2, -0.15) is 0 Å². The third kappa shape index (κ3) is 7.32. The van der Waals surface area contributed by atoms with Crippen LogP contribution in [-0.4, -0.2) is 68.6 Å². The molecule has 2 heterocycles. The Kier molecular flexibility index (Phi) is 9.63. The number of benzene rings is 1. The Morgan fingerprint density at radius 2 is 1.79 bits per heavy atom. The molecule has 3 amide bonds. The van der Waals surface area contributed by atoms with E-state index >= 15 is 0 Å². The maximum atomic E-state index is 13.2. The van der Waals surface area contributed by atoms with Crippen LogP contribution in [0, 0.1) is 11.3 Å². The Morgan fingerprint density at radius 3 is 2.45 bits per heavy atom. The molecule has 0 spiro atoms. The van der Waals surface area contributed by atoms with Crippen LogP contribution in [0.4, 0.5) is 0 Å². The summed E-state index contributed by atoms with van der Waals surface area (Å²) in [7, 11) is 0. The second kappa shape index (κ2) is 13.0.